The maximum atomic E-state index is 11.9. The maximum absolute atomic E-state index is 11.9. The zero-order chi connectivity index (χ0) is 19.6. The largest absolute Gasteiger partial charge is 0.493 e. The standard InChI is InChI=1S/C19H21N3O5/c1-3-26-17-12-18(27-4-2)16(22(24)25)11-15(17)13-20-21-19(23)10-14-8-6-5-7-9-14/h5-9,11-13H,3-4,10H2,1-2H3,(H,21,23)/b20-13-. The van der Waals surface area contributed by atoms with Crippen molar-refractivity contribution in [3.8, 4) is 11.5 Å². The van der Waals surface area contributed by atoms with E-state index in [1.807, 2.05) is 30.3 Å². The van der Waals surface area contributed by atoms with Gasteiger partial charge in [-0.05, 0) is 19.4 Å². The quantitative estimate of drug-likeness (QED) is 0.414. The smallest absolute Gasteiger partial charge is 0.311 e. The van der Waals surface area contributed by atoms with Crippen molar-refractivity contribution in [3.05, 3.63) is 63.7 Å². The zero-order valence-corrected chi connectivity index (χ0v) is 15.2. The minimum Gasteiger partial charge on any atom is -0.493 e. The zero-order valence-electron chi connectivity index (χ0n) is 15.2. The van der Waals surface area contributed by atoms with Crippen molar-refractivity contribution in [2.75, 3.05) is 13.2 Å². The number of nitrogens with zero attached hydrogens (tertiary/aromatic N) is 2. The molecule has 8 nitrogen and oxygen atoms in total. The fraction of sp³-hybridized carbons (Fsp3) is 0.263. The first-order valence-electron chi connectivity index (χ1n) is 8.49. The Labute approximate surface area is 157 Å². The molecule has 0 aromatic heterocycles. The van der Waals surface area contributed by atoms with Gasteiger partial charge in [-0.2, -0.15) is 5.10 Å². The highest BCUT2D eigenvalue weighted by Crippen LogP contribution is 2.34. The Bertz CT molecular complexity index is 822. The van der Waals surface area contributed by atoms with E-state index in [4.69, 9.17) is 9.47 Å². The van der Waals surface area contributed by atoms with Crippen molar-refractivity contribution in [2.45, 2.75) is 20.3 Å². The highest BCUT2D eigenvalue weighted by atomic mass is 16.6. The molecule has 0 aliphatic heterocycles. The summed E-state index contributed by atoms with van der Waals surface area (Å²) in [6.45, 7) is 4.19. The SMILES string of the molecule is CCOc1cc(OCC)c([N+](=O)[O-])cc1/C=N\NC(=O)Cc1ccccc1. The molecule has 0 aliphatic rings. The molecule has 0 saturated heterocycles. The Hall–Kier alpha value is -3.42. The summed E-state index contributed by atoms with van der Waals surface area (Å²) in [5, 5.41) is 15.2. The first kappa shape index (κ1) is 19.9. The van der Waals surface area contributed by atoms with Crippen molar-refractivity contribution in [2.24, 2.45) is 5.10 Å². The molecular formula is C19H21N3O5. The van der Waals surface area contributed by atoms with Crippen LogP contribution in [0.1, 0.15) is 25.0 Å². The van der Waals surface area contributed by atoms with Crippen LogP contribution in [0.3, 0.4) is 0 Å². The molecule has 0 unspecified atom stereocenters. The molecule has 142 valence electrons. The molecule has 0 spiro atoms. The van der Waals surface area contributed by atoms with Gasteiger partial charge in [-0.1, -0.05) is 30.3 Å². The first-order valence-corrected chi connectivity index (χ1v) is 8.49. The van der Waals surface area contributed by atoms with Crippen molar-refractivity contribution in [1.82, 2.24) is 5.43 Å². The molecule has 1 amide bonds. The van der Waals surface area contributed by atoms with E-state index in [-0.39, 0.29) is 30.4 Å². The van der Waals surface area contributed by atoms with E-state index in [0.717, 1.165) is 5.56 Å². The van der Waals surface area contributed by atoms with Crippen molar-refractivity contribution in [3.63, 3.8) is 0 Å². The minimum absolute atomic E-state index is 0.121. The molecule has 0 saturated carbocycles. The number of hydrogen-bond acceptors (Lipinski definition) is 6. The van der Waals surface area contributed by atoms with Gasteiger partial charge >= 0.3 is 5.69 Å². The normalized spacial score (nSPS) is 10.6. The van der Waals surface area contributed by atoms with Gasteiger partial charge < -0.3 is 9.47 Å². The molecule has 0 heterocycles. The summed E-state index contributed by atoms with van der Waals surface area (Å²) in [4.78, 5) is 22.7. The van der Waals surface area contributed by atoms with E-state index >= 15 is 0 Å². The number of carbonyl (C=O) groups is 1. The summed E-state index contributed by atoms with van der Waals surface area (Å²) < 4.78 is 10.8. The number of rotatable bonds is 9. The number of nitrogens with one attached hydrogen (secondary N) is 1. The second-order valence-electron chi connectivity index (χ2n) is 5.44. The van der Waals surface area contributed by atoms with E-state index in [2.05, 4.69) is 10.5 Å². The van der Waals surface area contributed by atoms with E-state index in [0.29, 0.717) is 17.9 Å². The molecular weight excluding hydrogens is 350 g/mol. The number of ether oxygens (including phenoxy) is 2. The predicted octanol–water partition coefficient (Wildman–Crippen LogP) is 3.09. The molecule has 2 aromatic carbocycles. The van der Waals surface area contributed by atoms with E-state index in [1.165, 1.54) is 18.3 Å². The van der Waals surface area contributed by atoms with Crippen LogP contribution >= 0.6 is 0 Å². The fourth-order valence-corrected chi connectivity index (χ4v) is 2.36. The molecule has 8 heteroatoms. The molecule has 0 aliphatic carbocycles. The fourth-order valence-electron chi connectivity index (χ4n) is 2.36. The monoisotopic (exact) mass is 371 g/mol. The van der Waals surface area contributed by atoms with E-state index < -0.39 is 4.92 Å². The summed E-state index contributed by atoms with van der Waals surface area (Å²) >= 11 is 0. The lowest BCUT2D eigenvalue weighted by molar-refractivity contribution is -0.385. The summed E-state index contributed by atoms with van der Waals surface area (Å²) in [5.74, 6) is 0.208. The van der Waals surface area contributed by atoms with Crippen LogP contribution in [0.15, 0.2) is 47.6 Å². The van der Waals surface area contributed by atoms with Gasteiger partial charge in [-0.15, -0.1) is 0 Å². The van der Waals surface area contributed by atoms with Gasteiger partial charge in [0.15, 0.2) is 0 Å². The molecule has 0 fully saturated rings. The van der Waals surface area contributed by atoms with Crippen LogP contribution in [0.5, 0.6) is 11.5 Å². The number of benzene rings is 2. The summed E-state index contributed by atoms with van der Waals surface area (Å²) in [6.07, 6.45) is 1.50. The van der Waals surface area contributed by atoms with Crippen LogP contribution in [-0.4, -0.2) is 30.3 Å². The molecule has 2 aromatic rings. The molecule has 27 heavy (non-hydrogen) atoms. The third kappa shape index (κ3) is 5.81. The maximum Gasteiger partial charge on any atom is 0.311 e. The number of carbonyl (C=O) groups excluding carboxylic acids is 1. The Balaban J connectivity index is 2.17. The predicted molar refractivity (Wildman–Crippen MR) is 101 cm³/mol. The van der Waals surface area contributed by atoms with Crippen LogP contribution in [0.2, 0.25) is 0 Å². The van der Waals surface area contributed by atoms with E-state index in [9.17, 15) is 14.9 Å². The van der Waals surface area contributed by atoms with Crippen LogP contribution in [0.25, 0.3) is 0 Å². The van der Waals surface area contributed by atoms with Gasteiger partial charge in [0.05, 0.1) is 30.8 Å². The highest BCUT2D eigenvalue weighted by Gasteiger charge is 2.19. The van der Waals surface area contributed by atoms with Gasteiger partial charge in [0, 0.05) is 17.7 Å². The first-order chi connectivity index (χ1) is 13.0. The van der Waals surface area contributed by atoms with Gasteiger partial charge in [0.1, 0.15) is 5.75 Å². The third-order valence-electron chi connectivity index (χ3n) is 3.49. The summed E-state index contributed by atoms with van der Waals surface area (Å²) in [5.41, 5.74) is 3.44. The minimum atomic E-state index is -0.536. The van der Waals surface area contributed by atoms with Crippen molar-refractivity contribution in [1.29, 1.82) is 0 Å². The Morgan fingerprint density at radius 2 is 1.81 bits per heavy atom. The molecule has 2 rings (SSSR count). The number of nitro benzene ring substituents is 1. The summed E-state index contributed by atoms with van der Waals surface area (Å²) in [6, 6.07) is 12.0. The van der Waals surface area contributed by atoms with Gasteiger partial charge in [0.25, 0.3) is 0 Å². The lowest BCUT2D eigenvalue weighted by Gasteiger charge is -2.10. The number of nitro groups is 1. The molecule has 0 bridgehead atoms. The van der Waals surface area contributed by atoms with Crippen LogP contribution < -0.4 is 14.9 Å². The summed E-state index contributed by atoms with van der Waals surface area (Å²) in [7, 11) is 0. The molecule has 0 radical (unpaired) electrons. The Kier molecular flexibility index (Phi) is 7.30. The molecule has 0 atom stereocenters. The van der Waals surface area contributed by atoms with Gasteiger partial charge in [-0.3, -0.25) is 14.9 Å². The second kappa shape index (κ2) is 9.91. The average Bonchev–Trinajstić information content (AvgIpc) is 2.64. The van der Waals surface area contributed by atoms with Gasteiger partial charge in [-0.25, -0.2) is 5.43 Å². The van der Waals surface area contributed by atoms with Crippen molar-refractivity contribution >= 4 is 17.8 Å². The average molecular weight is 371 g/mol. The van der Waals surface area contributed by atoms with Gasteiger partial charge in [0.2, 0.25) is 11.7 Å². The lowest BCUT2D eigenvalue weighted by Crippen LogP contribution is -2.19. The van der Waals surface area contributed by atoms with Crippen LogP contribution in [-0.2, 0) is 11.2 Å². The Morgan fingerprint density at radius 3 is 2.44 bits per heavy atom. The molecule has 1 N–H and O–H groups in total. The Morgan fingerprint density at radius 1 is 1.15 bits per heavy atom. The highest BCUT2D eigenvalue weighted by molar-refractivity contribution is 5.87. The second-order valence-corrected chi connectivity index (χ2v) is 5.44. The topological polar surface area (TPSA) is 103 Å². The van der Waals surface area contributed by atoms with Crippen LogP contribution in [0, 0.1) is 10.1 Å². The van der Waals surface area contributed by atoms with Crippen molar-refractivity contribution < 1.29 is 19.2 Å². The number of hydrogen-bond donors (Lipinski definition) is 1. The number of amides is 1. The van der Waals surface area contributed by atoms with Crippen LogP contribution in [0.4, 0.5) is 5.69 Å². The van der Waals surface area contributed by atoms with E-state index in [1.54, 1.807) is 13.8 Å². The third-order valence-corrected chi connectivity index (χ3v) is 3.49. The number of hydrazone groups is 1. The lowest BCUT2D eigenvalue weighted by atomic mass is 10.1.